The van der Waals surface area contributed by atoms with Gasteiger partial charge in [0.2, 0.25) is 0 Å². The first-order valence-corrected chi connectivity index (χ1v) is 3.63. The highest BCUT2D eigenvalue weighted by atomic mass is 79.9. The van der Waals surface area contributed by atoms with Gasteiger partial charge in [0.25, 0.3) is 0 Å². The fraction of sp³-hybridized carbons (Fsp3) is 0.429. The molecule has 0 spiro atoms. The van der Waals surface area contributed by atoms with Gasteiger partial charge < -0.3 is 0 Å². The van der Waals surface area contributed by atoms with Gasteiger partial charge in [0.1, 0.15) is 0 Å². The van der Waals surface area contributed by atoms with E-state index in [4.69, 9.17) is 0 Å². The van der Waals surface area contributed by atoms with Crippen molar-refractivity contribution in [2.75, 3.05) is 0 Å². The Bertz CT molecular complexity index is 167. The molecule has 0 nitrogen and oxygen atoms in total. The van der Waals surface area contributed by atoms with E-state index in [0.717, 1.165) is 0 Å². The molecule has 1 heteroatoms. The minimum Gasteiger partial charge on any atom is -0.0803 e. The maximum Gasteiger partial charge on any atom is 0.00962 e. The second-order valence-corrected chi connectivity index (χ2v) is 3.18. The zero-order chi connectivity index (χ0) is 5.56. The molecule has 0 saturated carbocycles. The maximum absolute atomic E-state index is 3.45. The number of hydrogen-bond donors (Lipinski definition) is 0. The Kier molecular flexibility index (Phi) is 0.884. The molecule has 8 heavy (non-hydrogen) atoms. The van der Waals surface area contributed by atoms with Crippen LogP contribution in [0.3, 0.4) is 0 Å². The van der Waals surface area contributed by atoms with E-state index in [1.807, 2.05) is 0 Å². The van der Waals surface area contributed by atoms with Crippen LogP contribution in [0.5, 0.6) is 0 Å². The normalized spacial score (nSPS) is 40.9. The number of fused-ring (bicyclic) bond motifs is 2. The Morgan fingerprint density at radius 2 is 2.50 bits per heavy atom. The quantitative estimate of drug-likeness (QED) is 0.489. The van der Waals surface area contributed by atoms with Crippen LogP contribution in [0.25, 0.3) is 0 Å². The fourth-order valence-corrected chi connectivity index (χ4v) is 1.91. The van der Waals surface area contributed by atoms with Crippen molar-refractivity contribution < 1.29 is 0 Å². The highest BCUT2D eigenvalue weighted by molar-refractivity contribution is 9.11. The third-order valence-corrected chi connectivity index (χ3v) is 2.55. The van der Waals surface area contributed by atoms with Crippen LogP contribution in [-0.2, 0) is 0 Å². The molecule has 0 aromatic rings. The Morgan fingerprint density at radius 3 is 2.75 bits per heavy atom. The molecule has 0 amide bonds. The number of halogens is 1. The average Bonchev–Trinajstić information content (AvgIpc) is 2.23. The van der Waals surface area contributed by atoms with E-state index in [9.17, 15) is 0 Å². The highest BCUT2D eigenvalue weighted by Crippen LogP contribution is 2.39. The zero-order valence-electron chi connectivity index (χ0n) is 4.39. The van der Waals surface area contributed by atoms with E-state index in [1.54, 1.807) is 0 Å². The lowest BCUT2D eigenvalue weighted by Crippen LogP contribution is -1.83. The van der Waals surface area contributed by atoms with Crippen LogP contribution in [0.2, 0.25) is 0 Å². The van der Waals surface area contributed by atoms with Gasteiger partial charge in [-0.25, -0.2) is 0 Å². The van der Waals surface area contributed by atoms with E-state index in [1.165, 1.54) is 10.9 Å². The molecule has 0 heterocycles. The maximum atomic E-state index is 3.45. The number of hydrogen-bond acceptors (Lipinski definition) is 0. The third kappa shape index (κ3) is 0.510. The fourth-order valence-electron chi connectivity index (χ4n) is 1.28. The van der Waals surface area contributed by atoms with Crippen LogP contribution < -0.4 is 0 Å². The molecule has 2 aliphatic carbocycles. The first-order valence-electron chi connectivity index (χ1n) is 2.83. The summed E-state index contributed by atoms with van der Waals surface area (Å²) in [7, 11) is 0. The van der Waals surface area contributed by atoms with E-state index < -0.39 is 0 Å². The topological polar surface area (TPSA) is 0 Å². The van der Waals surface area contributed by atoms with E-state index in [2.05, 4.69) is 34.2 Å². The first-order chi connectivity index (χ1) is 3.86. The molecule has 2 atom stereocenters. The molecule has 41 valence electrons. The molecule has 2 bridgehead atoms. The predicted octanol–water partition coefficient (Wildman–Crippen LogP) is 2.27. The van der Waals surface area contributed by atoms with E-state index >= 15 is 0 Å². The summed E-state index contributed by atoms with van der Waals surface area (Å²) in [5.74, 6) is 1.31. The molecule has 1 radical (unpaired) electrons. The standard InChI is InChI=1S/C7H6Br/c8-7-4-5-1-2-6(7)3-5/h1-2,5-6H,3H2. The van der Waals surface area contributed by atoms with Crippen LogP contribution in [0.15, 0.2) is 16.6 Å². The molecule has 0 aromatic carbocycles. The van der Waals surface area contributed by atoms with Crippen LogP contribution in [0.4, 0.5) is 0 Å². The summed E-state index contributed by atoms with van der Waals surface area (Å²) in [6, 6.07) is 0. The monoisotopic (exact) mass is 169 g/mol. The number of allylic oxidation sites excluding steroid dienone is 4. The van der Waals surface area contributed by atoms with Gasteiger partial charge in [-0.2, -0.15) is 0 Å². The number of rotatable bonds is 0. The zero-order valence-corrected chi connectivity index (χ0v) is 5.98. The van der Waals surface area contributed by atoms with Gasteiger partial charge in [0.05, 0.1) is 0 Å². The molecular formula is C7H6Br. The van der Waals surface area contributed by atoms with Crippen LogP contribution in [-0.4, -0.2) is 0 Å². The van der Waals surface area contributed by atoms with E-state index in [0.29, 0.717) is 11.8 Å². The molecular weight excluding hydrogens is 164 g/mol. The SMILES string of the molecule is BrC1=[C]C2C=CC1C2. The minimum atomic E-state index is 0.634. The van der Waals surface area contributed by atoms with Gasteiger partial charge in [0.15, 0.2) is 0 Å². The van der Waals surface area contributed by atoms with Crippen molar-refractivity contribution in [3.63, 3.8) is 0 Å². The van der Waals surface area contributed by atoms with Crippen LogP contribution >= 0.6 is 15.9 Å². The summed E-state index contributed by atoms with van der Waals surface area (Å²) in [6.45, 7) is 0. The lowest BCUT2D eigenvalue weighted by atomic mass is 10.2. The summed E-state index contributed by atoms with van der Waals surface area (Å²) in [4.78, 5) is 0. The van der Waals surface area contributed by atoms with Gasteiger partial charge in [0, 0.05) is 16.3 Å². The molecule has 0 fully saturated rings. The smallest absolute Gasteiger partial charge is 0.00962 e. The Balaban J connectivity index is 2.36. The second-order valence-electron chi connectivity index (χ2n) is 2.33. The molecule has 0 aromatic heterocycles. The summed E-state index contributed by atoms with van der Waals surface area (Å²) in [5, 5.41) is 0. The van der Waals surface area contributed by atoms with Gasteiger partial charge in [-0.05, 0) is 12.5 Å². The second kappa shape index (κ2) is 1.47. The Hall–Kier alpha value is -0.0400. The largest absolute Gasteiger partial charge is 0.0803 e. The predicted molar refractivity (Wildman–Crippen MR) is 36.4 cm³/mol. The molecule has 2 unspecified atom stereocenters. The van der Waals surface area contributed by atoms with Crippen molar-refractivity contribution in [1.29, 1.82) is 0 Å². The van der Waals surface area contributed by atoms with Crippen LogP contribution in [0.1, 0.15) is 6.42 Å². The summed E-state index contributed by atoms with van der Waals surface area (Å²) in [6.07, 6.45) is 9.05. The molecule has 2 rings (SSSR count). The highest BCUT2D eigenvalue weighted by Gasteiger charge is 2.26. The summed E-state index contributed by atoms with van der Waals surface area (Å²) < 4.78 is 1.27. The molecule has 0 aliphatic heterocycles. The summed E-state index contributed by atoms with van der Waals surface area (Å²) in [5.41, 5.74) is 0. The molecule has 0 N–H and O–H groups in total. The van der Waals surface area contributed by atoms with Crippen molar-refractivity contribution in [1.82, 2.24) is 0 Å². The van der Waals surface area contributed by atoms with Crippen molar-refractivity contribution in [2.45, 2.75) is 6.42 Å². The molecule has 0 saturated heterocycles. The first kappa shape index (κ1) is 4.80. The van der Waals surface area contributed by atoms with Gasteiger partial charge in [-0.1, -0.05) is 28.1 Å². The van der Waals surface area contributed by atoms with Crippen LogP contribution in [0, 0.1) is 17.9 Å². The average molecular weight is 170 g/mol. The van der Waals surface area contributed by atoms with E-state index in [-0.39, 0.29) is 0 Å². The van der Waals surface area contributed by atoms with Crippen molar-refractivity contribution in [2.24, 2.45) is 11.8 Å². The Labute approximate surface area is 57.4 Å². The minimum absolute atomic E-state index is 0.634. The summed E-state index contributed by atoms with van der Waals surface area (Å²) >= 11 is 3.45. The van der Waals surface area contributed by atoms with Crippen molar-refractivity contribution in [3.8, 4) is 0 Å². The lowest BCUT2D eigenvalue weighted by Gasteiger charge is -1.96. The third-order valence-electron chi connectivity index (χ3n) is 1.73. The van der Waals surface area contributed by atoms with Gasteiger partial charge in [-0.3, -0.25) is 0 Å². The molecule has 2 aliphatic rings. The van der Waals surface area contributed by atoms with Crippen molar-refractivity contribution in [3.05, 3.63) is 22.7 Å². The van der Waals surface area contributed by atoms with Gasteiger partial charge in [-0.15, -0.1) is 0 Å². The van der Waals surface area contributed by atoms with Gasteiger partial charge >= 0.3 is 0 Å². The van der Waals surface area contributed by atoms with Crippen molar-refractivity contribution >= 4 is 15.9 Å². The Morgan fingerprint density at radius 1 is 1.62 bits per heavy atom. The lowest BCUT2D eigenvalue weighted by molar-refractivity contribution is 0.722.